The van der Waals surface area contributed by atoms with E-state index in [0.717, 1.165) is 18.2 Å². The van der Waals surface area contributed by atoms with Gasteiger partial charge in [0.05, 0.1) is 23.3 Å². The molecule has 0 spiro atoms. The van der Waals surface area contributed by atoms with Gasteiger partial charge in [-0.1, -0.05) is 12.1 Å². The molecule has 1 amide bonds. The van der Waals surface area contributed by atoms with E-state index in [9.17, 15) is 26.4 Å². The number of benzene rings is 3. The van der Waals surface area contributed by atoms with Crippen molar-refractivity contribution in [2.24, 2.45) is 5.14 Å². The van der Waals surface area contributed by atoms with Gasteiger partial charge in [-0.15, -0.1) is 0 Å². The lowest BCUT2D eigenvalue weighted by atomic mass is 10.2. The average molecular weight is 466 g/mol. The molecule has 0 aromatic heterocycles. The number of nitrogens with one attached hydrogen (secondary N) is 1. The summed E-state index contributed by atoms with van der Waals surface area (Å²) in [6.07, 6.45) is -4.52. The lowest BCUT2D eigenvalue weighted by molar-refractivity contribution is -0.137. The smallest absolute Gasteiger partial charge is 0.416 e. The van der Waals surface area contributed by atoms with Crippen LogP contribution in [0.15, 0.2) is 71.6 Å². The Morgan fingerprint density at radius 2 is 1.62 bits per heavy atom. The van der Waals surface area contributed by atoms with Gasteiger partial charge in [0.1, 0.15) is 17.2 Å². The lowest BCUT2D eigenvalue weighted by Crippen LogP contribution is -2.15. The third-order valence-electron chi connectivity index (χ3n) is 4.24. The van der Waals surface area contributed by atoms with Crippen LogP contribution in [0.2, 0.25) is 0 Å². The van der Waals surface area contributed by atoms with E-state index >= 15 is 0 Å². The normalized spacial score (nSPS) is 11.7. The molecule has 0 aliphatic heterocycles. The molecule has 7 nitrogen and oxygen atoms in total. The van der Waals surface area contributed by atoms with E-state index in [1.54, 1.807) is 0 Å². The van der Waals surface area contributed by atoms with Gasteiger partial charge in [0.25, 0.3) is 5.91 Å². The van der Waals surface area contributed by atoms with Crippen LogP contribution in [0.3, 0.4) is 0 Å². The number of hydrogen-bond donors (Lipinski definition) is 2. The van der Waals surface area contributed by atoms with Crippen LogP contribution in [-0.4, -0.2) is 21.4 Å². The zero-order chi connectivity index (χ0) is 23.5. The average Bonchev–Trinajstić information content (AvgIpc) is 2.73. The van der Waals surface area contributed by atoms with Gasteiger partial charge in [0.15, 0.2) is 0 Å². The fourth-order valence-electron chi connectivity index (χ4n) is 2.73. The molecule has 3 rings (SSSR count). The number of halogens is 3. The van der Waals surface area contributed by atoms with Gasteiger partial charge < -0.3 is 14.8 Å². The summed E-state index contributed by atoms with van der Waals surface area (Å²) in [7, 11) is -2.67. The highest BCUT2D eigenvalue weighted by molar-refractivity contribution is 7.89. The number of amides is 1. The summed E-state index contributed by atoms with van der Waals surface area (Å²) < 4.78 is 72.4. The minimum absolute atomic E-state index is 0.0556. The molecule has 0 atom stereocenters. The predicted octanol–water partition coefficient (Wildman–Crippen LogP) is 4.41. The van der Waals surface area contributed by atoms with Gasteiger partial charge in [0, 0.05) is 5.56 Å². The zero-order valence-corrected chi connectivity index (χ0v) is 17.3. The number of carbonyl (C=O) groups excluding carboxylic acids is 1. The number of sulfonamides is 1. The van der Waals surface area contributed by atoms with Crippen LogP contribution in [0, 0.1) is 0 Å². The van der Waals surface area contributed by atoms with Crippen molar-refractivity contribution in [2.75, 3.05) is 12.4 Å². The molecular formula is C21H17F3N2O5S. The highest BCUT2D eigenvalue weighted by Crippen LogP contribution is 2.33. The number of ether oxygens (including phenoxy) is 2. The van der Waals surface area contributed by atoms with Gasteiger partial charge >= 0.3 is 6.18 Å². The van der Waals surface area contributed by atoms with E-state index in [2.05, 4.69) is 5.32 Å². The van der Waals surface area contributed by atoms with Gasteiger partial charge in [0.2, 0.25) is 10.0 Å². The summed E-state index contributed by atoms with van der Waals surface area (Å²) in [6, 6.07) is 13.8. The molecule has 0 aliphatic rings. The second-order valence-electron chi connectivity index (χ2n) is 6.52. The van der Waals surface area contributed by atoms with Crippen LogP contribution >= 0.6 is 0 Å². The van der Waals surface area contributed by atoms with E-state index in [4.69, 9.17) is 14.6 Å². The van der Waals surface area contributed by atoms with Gasteiger partial charge in [-0.3, -0.25) is 4.79 Å². The second kappa shape index (κ2) is 8.89. The summed E-state index contributed by atoms with van der Waals surface area (Å²) in [5.74, 6) is -0.367. The highest BCUT2D eigenvalue weighted by atomic mass is 32.2. The summed E-state index contributed by atoms with van der Waals surface area (Å²) in [6.45, 7) is 0. The van der Waals surface area contributed by atoms with Crippen LogP contribution < -0.4 is 19.9 Å². The molecule has 0 saturated carbocycles. The summed E-state index contributed by atoms with van der Waals surface area (Å²) in [5, 5.41) is 7.64. The van der Waals surface area contributed by atoms with Crippen LogP contribution in [0.4, 0.5) is 18.9 Å². The quantitative estimate of drug-likeness (QED) is 0.560. The van der Waals surface area contributed by atoms with Crippen molar-refractivity contribution in [3.8, 4) is 17.2 Å². The number of primary sulfonamides is 1. The van der Waals surface area contributed by atoms with Gasteiger partial charge in [-0.25, -0.2) is 13.6 Å². The molecule has 0 bridgehead atoms. The molecule has 11 heteroatoms. The fraction of sp³-hybridized carbons (Fsp3) is 0.0952. The third kappa shape index (κ3) is 5.56. The predicted molar refractivity (Wildman–Crippen MR) is 110 cm³/mol. The topological polar surface area (TPSA) is 108 Å². The zero-order valence-electron chi connectivity index (χ0n) is 16.5. The number of rotatable bonds is 6. The van der Waals surface area contributed by atoms with E-state index in [1.165, 1.54) is 55.6 Å². The highest BCUT2D eigenvalue weighted by Gasteiger charge is 2.30. The number of methoxy groups -OCH3 is 1. The number of anilines is 1. The molecule has 3 aromatic rings. The van der Waals surface area contributed by atoms with Crippen molar-refractivity contribution in [1.82, 2.24) is 0 Å². The Bertz CT molecular complexity index is 1260. The van der Waals surface area contributed by atoms with Crippen molar-refractivity contribution in [2.45, 2.75) is 11.1 Å². The molecule has 3 aromatic carbocycles. The van der Waals surface area contributed by atoms with Crippen LogP contribution in [-0.2, 0) is 16.2 Å². The molecule has 0 radical (unpaired) electrons. The Morgan fingerprint density at radius 3 is 2.25 bits per heavy atom. The van der Waals surface area contributed by atoms with Crippen LogP contribution in [0.1, 0.15) is 15.9 Å². The number of hydrogen-bond acceptors (Lipinski definition) is 5. The summed E-state index contributed by atoms with van der Waals surface area (Å²) in [5.41, 5.74) is -0.698. The van der Waals surface area contributed by atoms with Crippen molar-refractivity contribution >= 4 is 21.6 Å². The van der Waals surface area contributed by atoms with Crippen molar-refractivity contribution in [3.63, 3.8) is 0 Å². The lowest BCUT2D eigenvalue weighted by Gasteiger charge is -2.13. The Kier molecular flexibility index (Phi) is 6.42. The Morgan fingerprint density at radius 1 is 0.969 bits per heavy atom. The maximum absolute atomic E-state index is 12.9. The van der Waals surface area contributed by atoms with Gasteiger partial charge in [-0.05, 0) is 54.6 Å². The summed E-state index contributed by atoms with van der Waals surface area (Å²) in [4.78, 5) is 12.5. The Labute approximate surface area is 181 Å². The summed E-state index contributed by atoms with van der Waals surface area (Å²) >= 11 is 0. The van der Waals surface area contributed by atoms with Crippen molar-refractivity contribution in [3.05, 3.63) is 77.9 Å². The molecular weight excluding hydrogens is 449 g/mol. The monoisotopic (exact) mass is 466 g/mol. The van der Waals surface area contributed by atoms with Crippen molar-refractivity contribution in [1.29, 1.82) is 0 Å². The maximum Gasteiger partial charge on any atom is 0.416 e. The first-order valence-electron chi connectivity index (χ1n) is 8.95. The minimum Gasteiger partial charge on any atom is -0.495 e. The molecule has 0 aliphatic carbocycles. The third-order valence-corrected chi connectivity index (χ3v) is 5.15. The first-order valence-corrected chi connectivity index (χ1v) is 10.5. The standard InChI is InChI=1S/C21H17F3N2O5S/c1-30-19-9-8-17(32(25,28)29)12-18(19)26-20(27)13-4-2-6-15(10-13)31-16-7-3-5-14(11-16)21(22,23)24/h2-12H,1H3,(H,26,27)(H2,25,28,29). The van der Waals surface area contributed by atoms with Crippen LogP contribution in [0.5, 0.6) is 17.2 Å². The largest absolute Gasteiger partial charge is 0.495 e. The van der Waals surface area contributed by atoms with E-state index < -0.39 is 27.7 Å². The van der Waals surface area contributed by atoms with Gasteiger partial charge in [-0.2, -0.15) is 13.2 Å². The first-order chi connectivity index (χ1) is 15.0. The molecule has 3 N–H and O–H groups in total. The van der Waals surface area contributed by atoms with E-state index in [0.29, 0.717) is 0 Å². The second-order valence-corrected chi connectivity index (χ2v) is 8.08. The number of carbonyl (C=O) groups is 1. The number of alkyl halides is 3. The fourth-order valence-corrected chi connectivity index (χ4v) is 3.27. The molecule has 0 saturated heterocycles. The van der Waals surface area contributed by atoms with E-state index in [1.807, 2.05) is 0 Å². The molecule has 0 unspecified atom stereocenters. The molecule has 32 heavy (non-hydrogen) atoms. The minimum atomic E-state index is -4.52. The Hall–Kier alpha value is -3.57. The number of nitrogens with two attached hydrogens (primary N) is 1. The van der Waals surface area contributed by atoms with Crippen LogP contribution in [0.25, 0.3) is 0 Å². The Balaban J connectivity index is 1.84. The first kappa shape index (κ1) is 23.1. The maximum atomic E-state index is 12.9. The van der Waals surface area contributed by atoms with E-state index in [-0.39, 0.29) is 33.4 Å². The SMILES string of the molecule is COc1ccc(S(N)(=O)=O)cc1NC(=O)c1cccc(Oc2cccc(C(F)(F)F)c2)c1. The van der Waals surface area contributed by atoms with Crippen molar-refractivity contribution < 1.29 is 35.9 Å². The molecule has 0 heterocycles. The molecule has 168 valence electrons. The molecule has 0 fully saturated rings.